The molecule has 0 N–H and O–H groups in total. The van der Waals surface area contributed by atoms with Crippen LogP contribution in [0, 0.1) is 20.9 Å². The molecule has 1 rings (SSSR count). The van der Waals surface area contributed by atoms with Crippen molar-refractivity contribution in [2.75, 3.05) is 0 Å². The van der Waals surface area contributed by atoms with Crippen LogP contribution in [0.4, 0.5) is 5.69 Å². The summed E-state index contributed by atoms with van der Waals surface area (Å²) < 4.78 is 10.6. The van der Waals surface area contributed by atoms with Crippen LogP contribution in [0.1, 0.15) is 53.4 Å². The molecule has 0 saturated carbocycles. The first kappa shape index (κ1) is 19.6. The van der Waals surface area contributed by atoms with Crippen molar-refractivity contribution in [1.29, 1.82) is 0 Å². The average molecular weight is 337 g/mol. The van der Waals surface area contributed by atoms with E-state index in [0.717, 1.165) is 0 Å². The molecule has 0 atom stereocenters. The molecule has 7 nitrogen and oxygen atoms in total. The normalized spacial score (nSPS) is 12.0. The van der Waals surface area contributed by atoms with E-state index in [0.29, 0.717) is 5.56 Å². The maximum atomic E-state index is 12.1. The van der Waals surface area contributed by atoms with Crippen LogP contribution >= 0.6 is 0 Å². The van der Waals surface area contributed by atoms with Gasteiger partial charge in [-0.2, -0.15) is 0 Å². The van der Waals surface area contributed by atoms with E-state index in [-0.39, 0.29) is 5.69 Å². The molecule has 0 bridgehead atoms. The minimum Gasteiger partial charge on any atom is -0.420 e. The first-order valence-electron chi connectivity index (χ1n) is 7.49. The zero-order chi connectivity index (χ0) is 18.7. The number of hydrogen-bond acceptors (Lipinski definition) is 6. The molecule has 1 aromatic rings. The zero-order valence-corrected chi connectivity index (χ0v) is 14.8. The Hall–Kier alpha value is -2.44. The van der Waals surface area contributed by atoms with Crippen molar-refractivity contribution in [3.63, 3.8) is 0 Å². The number of rotatable bonds is 4. The van der Waals surface area contributed by atoms with Crippen molar-refractivity contribution in [2.45, 2.75) is 47.8 Å². The second kappa shape index (κ2) is 6.98. The minimum absolute atomic E-state index is 0.109. The number of ether oxygens (including phenoxy) is 2. The van der Waals surface area contributed by atoms with Gasteiger partial charge in [-0.25, -0.2) is 0 Å². The average Bonchev–Trinajstić information content (AvgIpc) is 2.44. The van der Waals surface area contributed by atoms with Crippen LogP contribution < -0.4 is 0 Å². The fraction of sp³-hybridized carbons (Fsp3) is 0.529. The molecule has 0 heterocycles. The smallest absolute Gasteiger partial charge is 0.314 e. The van der Waals surface area contributed by atoms with Crippen LogP contribution in [0.5, 0.6) is 0 Å². The molecule has 1 aromatic carbocycles. The molecule has 132 valence electrons. The Balaban J connectivity index is 3.10. The maximum Gasteiger partial charge on any atom is 0.314 e. The summed E-state index contributed by atoms with van der Waals surface area (Å²) in [5.41, 5.74) is -1.34. The fourth-order valence-electron chi connectivity index (χ4n) is 1.46. The minimum atomic E-state index is -1.26. The second-order valence-corrected chi connectivity index (χ2v) is 7.49. The summed E-state index contributed by atoms with van der Waals surface area (Å²) in [4.78, 5) is 34.5. The van der Waals surface area contributed by atoms with Crippen molar-refractivity contribution in [2.24, 2.45) is 10.8 Å². The Labute approximate surface area is 141 Å². The summed E-state index contributed by atoms with van der Waals surface area (Å²) in [5, 5.41) is 10.7. The van der Waals surface area contributed by atoms with Crippen molar-refractivity contribution in [3.8, 4) is 0 Å². The number of carbonyl (C=O) groups is 2. The summed E-state index contributed by atoms with van der Waals surface area (Å²) in [5.74, 6) is -1.10. The third-order valence-electron chi connectivity index (χ3n) is 3.03. The molecule has 0 fully saturated rings. The van der Waals surface area contributed by atoms with E-state index in [1.807, 2.05) is 0 Å². The third kappa shape index (κ3) is 5.33. The van der Waals surface area contributed by atoms with Crippen molar-refractivity contribution in [1.82, 2.24) is 0 Å². The van der Waals surface area contributed by atoms with Gasteiger partial charge in [0.2, 0.25) is 0 Å². The highest BCUT2D eigenvalue weighted by Gasteiger charge is 2.32. The van der Waals surface area contributed by atoms with E-state index in [1.165, 1.54) is 24.3 Å². The standard InChI is InChI=1S/C17H23NO6/c1-16(2,3)14(19)23-13(24-15(20)17(4,5)6)11-7-9-12(10-8-11)18(21)22/h7-10,13H,1-6H3. The van der Waals surface area contributed by atoms with Gasteiger partial charge in [0.1, 0.15) is 0 Å². The fourth-order valence-corrected chi connectivity index (χ4v) is 1.46. The van der Waals surface area contributed by atoms with Crippen LogP contribution in [0.3, 0.4) is 0 Å². The molecule has 0 unspecified atom stereocenters. The summed E-state index contributed by atoms with van der Waals surface area (Å²) in [6.45, 7) is 10.0. The highest BCUT2D eigenvalue weighted by atomic mass is 16.7. The number of hydrogen-bond donors (Lipinski definition) is 0. The molecule has 0 spiro atoms. The van der Waals surface area contributed by atoms with Crippen LogP contribution in [0.2, 0.25) is 0 Å². The van der Waals surface area contributed by atoms with Gasteiger partial charge in [0, 0.05) is 17.7 Å². The zero-order valence-electron chi connectivity index (χ0n) is 14.8. The molecular weight excluding hydrogens is 314 g/mol. The van der Waals surface area contributed by atoms with Crippen molar-refractivity contribution >= 4 is 17.6 Å². The highest BCUT2D eigenvalue weighted by Crippen LogP contribution is 2.28. The molecule has 0 aliphatic heterocycles. The Kier molecular flexibility index (Phi) is 5.71. The first-order valence-corrected chi connectivity index (χ1v) is 7.49. The van der Waals surface area contributed by atoms with Gasteiger partial charge in [-0.3, -0.25) is 19.7 Å². The number of nitro groups is 1. The van der Waals surface area contributed by atoms with Crippen LogP contribution in [0.15, 0.2) is 24.3 Å². The predicted molar refractivity (Wildman–Crippen MR) is 86.9 cm³/mol. The largest absolute Gasteiger partial charge is 0.420 e. The molecule has 0 amide bonds. The van der Waals surface area contributed by atoms with Gasteiger partial charge in [0.05, 0.1) is 15.8 Å². The summed E-state index contributed by atoms with van der Waals surface area (Å²) >= 11 is 0. The topological polar surface area (TPSA) is 95.7 Å². The number of nitrogens with zero attached hydrogens (tertiary/aromatic N) is 1. The Bertz CT molecular complexity index is 594. The van der Waals surface area contributed by atoms with E-state index in [2.05, 4.69) is 0 Å². The predicted octanol–water partition coefficient (Wildman–Crippen LogP) is 3.77. The lowest BCUT2D eigenvalue weighted by Gasteiger charge is -2.26. The van der Waals surface area contributed by atoms with E-state index in [1.54, 1.807) is 41.5 Å². The molecule has 0 aliphatic rings. The van der Waals surface area contributed by atoms with Crippen LogP contribution in [-0.2, 0) is 19.1 Å². The monoisotopic (exact) mass is 337 g/mol. The van der Waals surface area contributed by atoms with Gasteiger partial charge < -0.3 is 9.47 Å². The van der Waals surface area contributed by atoms with Gasteiger partial charge in [-0.05, 0) is 53.7 Å². The van der Waals surface area contributed by atoms with Gasteiger partial charge in [-0.1, -0.05) is 0 Å². The molecule has 0 aromatic heterocycles. The third-order valence-corrected chi connectivity index (χ3v) is 3.03. The molecule has 0 saturated heterocycles. The maximum absolute atomic E-state index is 12.1. The Morgan fingerprint density at radius 1 is 0.917 bits per heavy atom. The summed E-state index contributed by atoms with van der Waals surface area (Å²) in [7, 11) is 0. The van der Waals surface area contributed by atoms with Gasteiger partial charge >= 0.3 is 11.9 Å². The van der Waals surface area contributed by atoms with E-state index < -0.39 is 34.0 Å². The molecule has 7 heteroatoms. The van der Waals surface area contributed by atoms with E-state index >= 15 is 0 Å². The number of esters is 2. The quantitative estimate of drug-likeness (QED) is 0.359. The molecule has 0 radical (unpaired) electrons. The van der Waals surface area contributed by atoms with Gasteiger partial charge in [0.15, 0.2) is 0 Å². The number of carbonyl (C=O) groups excluding carboxylic acids is 2. The number of non-ortho nitro benzene ring substituents is 1. The number of nitro benzene ring substituents is 1. The van der Waals surface area contributed by atoms with Crippen molar-refractivity contribution in [3.05, 3.63) is 39.9 Å². The second-order valence-electron chi connectivity index (χ2n) is 7.49. The Morgan fingerprint density at radius 3 is 1.58 bits per heavy atom. The summed E-state index contributed by atoms with van der Waals surface area (Å²) in [6.07, 6.45) is -1.26. The molecule has 0 aliphatic carbocycles. The van der Waals surface area contributed by atoms with Crippen LogP contribution in [0.25, 0.3) is 0 Å². The van der Waals surface area contributed by atoms with E-state index in [9.17, 15) is 19.7 Å². The lowest BCUT2D eigenvalue weighted by molar-refractivity contribution is -0.384. The van der Waals surface area contributed by atoms with Crippen molar-refractivity contribution < 1.29 is 24.0 Å². The lowest BCUT2D eigenvalue weighted by atomic mass is 9.97. The number of benzene rings is 1. The molecule has 24 heavy (non-hydrogen) atoms. The summed E-state index contributed by atoms with van der Waals surface area (Å²) in [6, 6.07) is 5.32. The lowest BCUT2D eigenvalue weighted by Crippen LogP contribution is -2.30. The Morgan fingerprint density at radius 2 is 1.29 bits per heavy atom. The van der Waals surface area contributed by atoms with Crippen LogP contribution in [-0.4, -0.2) is 16.9 Å². The van der Waals surface area contributed by atoms with Gasteiger partial charge in [-0.15, -0.1) is 0 Å². The molecular formula is C17H23NO6. The highest BCUT2D eigenvalue weighted by molar-refractivity contribution is 5.77. The first-order chi connectivity index (χ1) is 10.8. The SMILES string of the molecule is CC(C)(C)C(=O)OC(OC(=O)C(C)(C)C)c1ccc([N+](=O)[O-])cc1. The van der Waals surface area contributed by atoms with Gasteiger partial charge in [0.25, 0.3) is 12.0 Å². The van der Waals surface area contributed by atoms with E-state index in [4.69, 9.17) is 9.47 Å².